The van der Waals surface area contributed by atoms with E-state index in [1.807, 2.05) is 0 Å². The van der Waals surface area contributed by atoms with Crippen molar-refractivity contribution in [2.24, 2.45) is 11.5 Å². The highest BCUT2D eigenvalue weighted by Crippen LogP contribution is 2.21. The number of aromatic amines is 1. The molecule has 1 amide bonds. The molecular weight excluding hydrogens is 775 g/mol. The normalized spacial score (nSPS) is 16.4. The molecule has 0 radical (unpaired) electrons. The van der Waals surface area contributed by atoms with Gasteiger partial charge in [0.2, 0.25) is 20.0 Å². The highest BCUT2D eigenvalue weighted by Gasteiger charge is 2.31. The Kier molecular flexibility index (Phi) is 13.0. The summed E-state index contributed by atoms with van der Waals surface area (Å²) < 4.78 is 54.5. The lowest BCUT2D eigenvalue weighted by atomic mass is 10.2. The number of carbonyl (C=O) groups excluding carboxylic acids is 1. The number of carbonyl (C=O) groups is 2. The highest BCUT2D eigenvalue weighted by atomic mass is 32.2. The van der Waals surface area contributed by atoms with Gasteiger partial charge in [0, 0.05) is 88.6 Å². The summed E-state index contributed by atoms with van der Waals surface area (Å²) >= 11 is 0. The van der Waals surface area contributed by atoms with E-state index in [2.05, 4.69) is 30.8 Å². The minimum Gasteiger partial charge on any atom is -0.478 e. The van der Waals surface area contributed by atoms with Crippen molar-refractivity contribution < 1.29 is 31.5 Å². The monoisotopic (exact) mass is 817 g/mol. The zero-order valence-corrected chi connectivity index (χ0v) is 32.4. The van der Waals surface area contributed by atoms with Crippen LogP contribution in [0.25, 0.3) is 16.7 Å². The minimum atomic E-state index is -3.47. The Hall–Kier alpha value is -5.61. The van der Waals surface area contributed by atoms with Gasteiger partial charge in [-0.15, -0.1) is 0 Å². The van der Waals surface area contributed by atoms with E-state index in [1.165, 1.54) is 27.1 Å². The minimum absolute atomic E-state index is 0.0481. The first-order chi connectivity index (χ1) is 27.3. The van der Waals surface area contributed by atoms with Crippen molar-refractivity contribution in [2.75, 3.05) is 39.3 Å². The van der Waals surface area contributed by atoms with Crippen LogP contribution in [0, 0.1) is 0 Å². The molecule has 8 N–H and O–H groups in total. The molecule has 6 aromatic rings. The number of carboxylic acid groups (broad SMARTS) is 1. The number of rotatable bonds is 9. The Bertz CT molecular complexity index is 2540. The van der Waals surface area contributed by atoms with Crippen molar-refractivity contribution in [1.82, 2.24) is 43.8 Å². The zero-order chi connectivity index (χ0) is 40.6. The van der Waals surface area contributed by atoms with Crippen molar-refractivity contribution in [1.29, 1.82) is 0 Å². The van der Waals surface area contributed by atoms with Gasteiger partial charge in [0.1, 0.15) is 5.65 Å². The van der Waals surface area contributed by atoms with Gasteiger partial charge in [0.15, 0.2) is 5.65 Å². The fraction of sp³-hybridized carbons (Fsp3) is 0.270. The molecule has 2 aliphatic heterocycles. The van der Waals surface area contributed by atoms with Crippen molar-refractivity contribution in [2.45, 2.75) is 35.3 Å². The van der Waals surface area contributed by atoms with Crippen LogP contribution in [0.15, 0.2) is 108 Å². The maximum Gasteiger partial charge on any atom is 0.337 e. The van der Waals surface area contributed by atoms with Crippen LogP contribution in [0.5, 0.6) is 0 Å². The van der Waals surface area contributed by atoms with Crippen LogP contribution in [0.4, 0.5) is 0 Å². The number of nitrogens with one attached hydrogen (secondary N) is 3. The summed E-state index contributed by atoms with van der Waals surface area (Å²) in [6.45, 7) is 3.90. The summed E-state index contributed by atoms with van der Waals surface area (Å²) in [5.41, 5.74) is 15.0. The summed E-state index contributed by atoms with van der Waals surface area (Å²) in [5.74, 6) is -1.18. The molecular formula is C37H43N11O7S2. The second-order valence-corrected chi connectivity index (χ2v) is 17.1. The molecule has 0 saturated carbocycles. The first kappa shape index (κ1) is 41.0. The van der Waals surface area contributed by atoms with Gasteiger partial charge in [-0.2, -0.15) is 13.7 Å². The van der Waals surface area contributed by atoms with Gasteiger partial charge in [-0.05, 0) is 60.0 Å². The standard InChI is InChI=1S/C19H21N5O3S.C11H17N3O2S.C7H5N3O2/c25-19(16-3-6-18-21-9-10-23(18)14-16)22-13-15-1-4-17(5-2-15)28(26,27)24-11-7-20-8-12-24;12-7-9-1-3-11(4-2-9)17(15,16)14-6-5-10(13)8-14;11-7(12)5-1-4-3-9-10-6(4)8-2-5/h1-6,9-10,14,20H,7-8,11-13H2,(H,22,25);1-4,10H,5-8,12-13H2;1-3H,(H,11,12)(H,8,9,10). The van der Waals surface area contributed by atoms with Gasteiger partial charge < -0.3 is 31.6 Å². The number of sulfonamides is 2. The maximum atomic E-state index is 12.7. The van der Waals surface area contributed by atoms with Gasteiger partial charge in [0.05, 0.1) is 27.1 Å². The lowest BCUT2D eigenvalue weighted by Gasteiger charge is -2.26. The summed E-state index contributed by atoms with van der Waals surface area (Å²) in [6.07, 6.45) is 8.73. The third kappa shape index (κ3) is 10.0. The van der Waals surface area contributed by atoms with E-state index in [1.54, 1.807) is 83.7 Å². The smallest absolute Gasteiger partial charge is 0.337 e. The number of nitrogens with zero attached hydrogens (tertiary/aromatic N) is 6. The molecule has 0 bridgehead atoms. The molecule has 0 aliphatic carbocycles. The van der Waals surface area contributed by atoms with E-state index < -0.39 is 26.0 Å². The molecule has 8 rings (SSSR count). The van der Waals surface area contributed by atoms with Crippen molar-refractivity contribution >= 4 is 48.6 Å². The number of aromatic nitrogens is 5. The lowest BCUT2D eigenvalue weighted by Crippen LogP contribution is -2.46. The van der Waals surface area contributed by atoms with Gasteiger partial charge in [0.25, 0.3) is 5.91 Å². The van der Waals surface area contributed by atoms with E-state index in [0.29, 0.717) is 73.9 Å². The molecule has 2 aliphatic rings. The SMILES string of the molecule is NCc1ccc(S(=O)(=O)N2CCC(N)C2)cc1.O=C(NCc1ccc(S(=O)(=O)N2CCNCC2)cc1)c1ccc2nccn2c1.O=C(O)c1cnc2[nH]ncc2c1. The Morgan fingerprint density at radius 1 is 0.842 bits per heavy atom. The van der Waals surface area contributed by atoms with Gasteiger partial charge in [-0.1, -0.05) is 24.3 Å². The second-order valence-electron chi connectivity index (χ2n) is 13.2. The molecule has 2 fully saturated rings. The number of hydrogen-bond acceptors (Lipinski definition) is 12. The van der Waals surface area contributed by atoms with Crippen LogP contribution in [0.2, 0.25) is 0 Å². The van der Waals surface area contributed by atoms with Gasteiger partial charge in [-0.25, -0.2) is 31.6 Å². The van der Waals surface area contributed by atoms with Crippen molar-refractivity contribution in [3.63, 3.8) is 0 Å². The van der Waals surface area contributed by atoms with E-state index in [9.17, 15) is 26.4 Å². The topological polar surface area (TPSA) is 264 Å². The number of fused-ring (bicyclic) bond motifs is 2. The summed E-state index contributed by atoms with van der Waals surface area (Å²) in [7, 11) is -6.86. The zero-order valence-electron chi connectivity index (χ0n) is 30.7. The third-order valence-corrected chi connectivity index (χ3v) is 13.1. The van der Waals surface area contributed by atoms with Crippen LogP contribution in [0.3, 0.4) is 0 Å². The number of carboxylic acids is 1. The van der Waals surface area contributed by atoms with Crippen LogP contribution in [-0.4, -0.2) is 112 Å². The Labute approximate surface area is 329 Å². The quantitative estimate of drug-likeness (QED) is 0.121. The number of imidazole rings is 1. The number of amides is 1. The molecule has 2 aromatic carbocycles. The van der Waals surface area contributed by atoms with Crippen LogP contribution in [-0.2, 0) is 33.1 Å². The van der Waals surface area contributed by atoms with Gasteiger partial charge >= 0.3 is 5.97 Å². The van der Waals surface area contributed by atoms with Crippen molar-refractivity contribution in [3.8, 4) is 0 Å². The number of nitrogens with two attached hydrogens (primary N) is 2. The molecule has 1 atom stereocenters. The predicted molar refractivity (Wildman–Crippen MR) is 211 cm³/mol. The molecule has 4 aromatic heterocycles. The van der Waals surface area contributed by atoms with E-state index in [-0.39, 0.29) is 22.4 Å². The third-order valence-electron chi connectivity index (χ3n) is 9.26. The fourth-order valence-electron chi connectivity index (χ4n) is 6.02. The number of hydrogen-bond donors (Lipinski definition) is 6. The lowest BCUT2D eigenvalue weighted by molar-refractivity contribution is 0.0696. The molecule has 2 saturated heterocycles. The van der Waals surface area contributed by atoms with Crippen LogP contribution >= 0.6 is 0 Å². The average Bonchev–Trinajstić information content (AvgIpc) is 4.02. The Balaban J connectivity index is 0.000000160. The summed E-state index contributed by atoms with van der Waals surface area (Å²) in [5, 5.41) is 21.7. The average molecular weight is 818 g/mol. The first-order valence-electron chi connectivity index (χ1n) is 17.9. The summed E-state index contributed by atoms with van der Waals surface area (Å²) in [4.78, 5) is 31.5. The first-order valence-corrected chi connectivity index (χ1v) is 20.8. The van der Waals surface area contributed by atoms with E-state index >= 15 is 0 Å². The number of piperazine rings is 1. The fourth-order valence-corrected chi connectivity index (χ4v) is 8.98. The molecule has 57 heavy (non-hydrogen) atoms. The molecule has 300 valence electrons. The molecule has 18 nitrogen and oxygen atoms in total. The largest absolute Gasteiger partial charge is 0.478 e. The predicted octanol–water partition coefficient (Wildman–Crippen LogP) is 1.38. The van der Waals surface area contributed by atoms with Crippen molar-refractivity contribution in [3.05, 3.63) is 120 Å². The van der Waals surface area contributed by atoms with Gasteiger partial charge in [-0.3, -0.25) is 9.89 Å². The van der Waals surface area contributed by atoms with E-state index in [0.717, 1.165) is 23.2 Å². The molecule has 0 spiro atoms. The summed E-state index contributed by atoms with van der Waals surface area (Å²) in [6, 6.07) is 18.3. The highest BCUT2D eigenvalue weighted by molar-refractivity contribution is 7.89. The number of benzene rings is 2. The second kappa shape index (κ2) is 18.1. The number of aromatic carboxylic acids is 1. The maximum absolute atomic E-state index is 12.7. The molecule has 20 heteroatoms. The Morgan fingerprint density at radius 2 is 1.51 bits per heavy atom. The molecule has 1 unspecified atom stereocenters. The van der Waals surface area contributed by atoms with Crippen LogP contribution < -0.4 is 22.1 Å². The number of H-pyrrole nitrogens is 1. The Morgan fingerprint density at radius 3 is 2.14 bits per heavy atom. The number of pyridine rings is 2. The van der Waals surface area contributed by atoms with E-state index in [4.69, 9.17) is 16.6 Å². The van der Waals surface area contributed by atoms with Crippen LogP contribution in [0.1, 0.15) is 38.3 Å². The molecule has 6 heterocycles.